The second kappa shape index (κ2) is 111. The fraction of sp³-hybridized carbons (Fsp3) is 0. The van der Waals surface area contributed by atoms with Crippen LogP contribution in [0.1, 0.15) is 0 Å². The van der Waals surface area contributed by atoms with Crippen LogP contribution in [0.25, 0.3) is 0 Å². The smallest absolute Gasteiger partial charge is 1.00 e. The molecule has 0 aromatic carbocycles. The molecule has 28 valence electrons. The molecule has 0 aliphatic heterocycles. The Kier molecular flexibility index (Phi) is 589. The van der Waals surface area contributed by atoms with E-state index in [2.05, 4.69) is 0 Å². The quantitative estimate of drug-likeness (QED) is 0.172. The Bertz CT molecular complexity index is 9.65. The zero-order chi connectivity index (χ0) is 4.00. The van der Waals surface area contributed by atoms with E-state index in [1.54, 1.807) is 0 Å². The Balaban J connectivity index is -0.00000000267. The van der Waals surface area contributed by atoms with Gasteiger partial charge >= 0.3 is 60.8 Å². The third-order valence-electron chi connectivity index (χ3n) is 0. The molecule has 0 fully saturated rings. The average molecular weight is 102 g/mol. The first-order valence-electron chi connectivity index (χ1n) is 0.333. The first-order valence-corrected chi connectivity index (χ1v) is 0.333. The summed E-state index contributed by atoms with van der Waals surface area (Å²) in [4.78, 5) is 0. The number of hydrogen-bond donors (Lipinski definition) is 0. The SMILES string of the molecule is [Li+].[Li+].[Mg+2].[O-][O-].[O-][O-]. The summed E-state index contributed by atoms with van der Waals surface area (Å²) in [6, 6.07) is 0. The van der Waals surface area contributed by atoms with E-state index in [9.17, 15) is 0 Å². The van der Waals surface area contributed by atoms with Crippen molar-refractivity contribution in [3.8, 4) is 0 Å². The van der Waals surface area contributed by atoms with Crippen LogP contribution < -0.4 is 58.8 Å². The predicted octanol–water partition coefficient (Wildman–Crippen LogP) is -11.1. The Morgan fingerprint density at radius 2 is 0.571 bits per heavy atom. The third kappa shape index (κ3) is 80.9. The largest absolute Gasteiger partial charge is 2.00 e. The van der Waals surface area contributed by atoms with Gasteiger partial charge in [0.15, 0.2) is 0 Å². The molecule has 0 saturated carbocycles. The van der Waals surface area contributed by atoms with Crippen molar-refractivity contribution in [3.63, 3.8) is 0 Å². The van der Waals surface area contributed by atoms with Crippen molar-refractivity contribution in [2.45, 2.75) is 0 Å². The van der Waals surface area contributed by atoms with Gasteiger partial charge in [-0.05, 0) is 0 Å². The van der Waals surface area contributed by atoms with Gasteiger partial charge in [0.2, 0.25) is 0 Å². The summed E-state index contributed by atoms with van der Waals surface area (Å²) in [6.45, 7) is 0. The maximum Gasteiger partial charge on any atom is 2.00 e. The van der Waals surface area contributed by atoms with Crippen molar-refractivity contribution in [1.29, 1.82) is 0 Å². The van der Waals surface area contributed by atoms with Gasteiger partial charge in [0.1, 0.15) is 0 Å². The summed E-state index contributed by atoms with van der Waals surface area (Å²) in [5.74, 6) is 0. The molecule has 0 heterocycles. The van der Waals surface area contributed by atoms with Crippen LogP contribution in [0.15, 0.2) is 0 Å². The molecule has 0 amide bonds. The van der Waals surface area contributed by atoms with Gasteiger partial charge in [-0.2, -0.15) is 0 Å². The van der Waals surface area contributed by atoms with Crippen molar-refractivity contribution in [2.75, 3.05) is 0 Å². The minimum atomic E-state index is 0. The molecule has 0 aromatic heterocycles. The maximum atomic E-state index is 7.00. The van der Waals surface area contributed by atoms with Crippen LogP contribution >= 0.6 is 0 Å². The molecular weight excluding hydrogens is 102 g/mol. The van der Waals surface area contributed by atoms with E-state index in [1.807, 2.05) is 0 Å². The molecule has 0 bridgehead atoms. The van der Waals surface area contributed by atoms with Crippen molar-refractivity contribution in [1.82, 2.24) is 0 Å². The summed E-state index contributed by atoms with van der Waals surface area (Å²) in [7, 11) is 0. The van der Waals surface area contributed by atoms with E-state index >= 15 is 0 Å². The molecule has 0 radical (unpaired) electrons. The second-order valence-electron chi connectivity index (χ2n) is 0. The molecule has 7 heavy (non-hydrogen) atoms. The first-order chi connectivity index (χ1) is 2.00. The van der Waals surface area contributed by atoms with Crippen molar-refractivity contribution in [3.05, 3.63) is 0 Å². The fourth-order valence-corrected chi connectivity index (χ4v) is 0. The van der Waals surface area contributed by atoms with Crippen LogP contribution in [0.2, 0.25) is 0 Å². The van der Waals surface area contributed by atoms with Gasteiger partial charge in [-0.15, -0.1) is 0 Å². The fourth-order valence-electron chi connectivity index (χ4n) is 0. The molecule has 0 rings (SSSR count). The minimum absolute atomic E-state index is 0. The van der Waals surface area contributed by atoms with Crippen molar-refractivity contribution in [2.24, 2.45) is 0 Å². The molecule has 0 aromatic rings. The van der Waals surface area contributed by atoms with Gasteiger partial charge in [0.25, 0.3) is 0 Å². The summed E-state index contributed by atoms with van der Waals surface area (Å²) in [5, 5.41) is 28.0. The van der Waals surface area contributed by atoms with Crippen LogP contribution in [0.5, 0.6) is 0 Å². The van der Waals surface area contributed by atoms with E-state index in [1.165, 1.54) is 0 Å². The Morgan fingerprint density at radius 1 is 0.571 bits per heavy atom. The third-order valence-corrected chi connectivity index (χ3v) is 0. The van der Waals surface area contributed by atoms with Crippen molar-refractivity contribution >= 4 is 23.1 Å². The topological polar surface area (TPSA) is 92.2 Å². The monoisotopic (exact) mass is 102 g/mol. The van der Waals surface area contributed by atoms with E-state index in [4.69, 9.17) is 21.0 Å². The summed E-state index contributed by atoms with van der Waals surface area (Å²) in [5.41, 5.74) is 0. The molecule has 0 N–H and O–H groups in total. The van der Waals surface area contributed by atoms with Crippen LogP contribution in [0.4, 0.5) is 0 Å². The van der Waals surface area contributed by atoms with E-state index in [0.717, 1.165) is 0 Å². The molecule has 0 unspecified atom stereocenters. The van der Waals surface area contributed by atoms with Crippen LogP contribution in [0.3, 0.4) is 0 Å². The standard InChI is InChI=1S/2Li.Mg.2O2/c;;;2*1-2/q2*+1;+2;2*-2. The molecule has 7 heteroatoms. The van der Waals surface area contributed by atoms with Gasteiger partial charge in [0.05, 0.1) is 0 Å². The Hall–Kier alpha value is 1.80. The van der Waals surface area contributed by atoms with Crippen molar-refractivity contribution < 1.29 is 58.8 Å². The number of hydrogen-bond acceptors (Lipinski definition) is 4. The molecule has 0 spiro atoms. The summed E-state index contributed by atoms with van der Waals surface area (Å²) in [6.07, 6.45) is 0. The normalized spacial score (nSPS) is 1.71. The first kappa shape index (κ1) is 37.1. The zero-order valence-electron chi connectivity index (χ0n) is 4.34. The van der Waals surface area contributed by atoms with Gasteiger partial charge in [-0.3, -0.25) is 0 Å². The molecule has 0 aliphatic carbocycles. The average Bonchev–Trinajstić information content (AvgIpc) is 1.50. The molecule has 0 saturated heterocycles. The molecule has 4 nitrogen and oxygen atoms in total. The van der Waals surface area contributed by atoms with Gasteiger partial charge < -0.3 is 21.0 Å². The maximum absolute atomic E-state index is 7.00. The molecule has 0 aliphatic rings. The van der Waals surface area contributed by atoms with Crippen LogP contribution in [-0.2, 0) is 0 Å². The van der Waals surface area contributed by atoms with Crippen LogP contribution in [0, 0.1) is 0 Å². The summed E-state index contributed by atoms with van der Waals surface area (Å²) >= 11 is 0. The Labute approximate surface area is 81.3 Å². The number of rotatable bonds is 0. The van der Waals surface area contributed by atoms with Gasteiger partial charge in [-0.1, -0.05) is 0 Å². The van der Waals surface area contributed by atoms with E-state index in [0.29, 0.717) is 0 Å². The summed E-state index contributed by atoms with van der Waals surface area (Å²) < 4.78 is 0. The zero-order valence-corrected chi connectivity index (χ0v) is 5.75. The molecule has 0 atom stereocenters. The second-order valence-corrected chi connectivity index (χ2v) is 0. The van der Waals surface area contributed by atoms with E-state index < -0.39 is 0 Å². The van der Waals surface area contributed by atoms with E-state index in [-0.39, 0.29) is 60.8 Å². The predicted molar refractivity (Wildman–Crippen MR) is 5.75 cm³/mol. The van der Waals surface area contributed by atoms with Gasteiger partial charge in [0, 0.05) is 0 Å². The van der Waals surface area contributed by atoms with Gasteiger partial charge in [-0.25, -0.2) is 0 Å². The Morgan fingerprint density at radius 3 is 0.571 bits per heavy atom. The molecular formula is Li2MgO4. The minimum Gasteiger partial charge on any atom is -1.00 e. The van der Waals surface area contributed by atoms with Crippen LogP contribution in [-0.4, -0.2) is 23.1 Å².